The summed E-state index contributed by atoms with van der Waals surface area (Å²) in [7, 11) is 0. The number of ketones is 1. The van der Waals surface area contributed by atoms with Crippen LogP contribution in [0.5, 0.6) is 5.75 Å². The van der Waals surface area contributed by atoms with Gasteiger partial charge in [0.15, 0.2) is 5.78 Å². The molecule has 1 aliphatic carbocycles. The quantitative estimate of drug-likeness (QED) is 0.727. The number of hydrogen-bond donors (Lipinski definition) is 0. The summed E-state index contributed by atoms with van der Waals surface area (Å²) >= 11 is 6.34. The van der Waals surface area contributed by atoms with Gasteiger partial charge in [0.05, 0.1) is 11.4 Å². The van der Waals surface area contributed by atoms with Crippen LogP contribution in [0, 0.1) is 0 Å². The third kappa shape index (κ3) is 2.92. The maximum absolute atomic E-state index is 11.4. The molecule has 0 atom stereocenters. The van der Waals surface area contributed by atoms with Crippen LogP contribution in [0.4, 0.5) is 5.69 Å². The van der Waals surface area contributed by atoms with Crippen LogP contribution >= 0.6 is 31.9 Å². The Kier molecular flexibility index (Phi) is 3.59. The van der Waals surface area contributed by atoms with Crippen LogP contribution in [0.25, 0.3) is 0 Å². The van der Waals surface area contributed by atoms with E-state index >= 15 is 0 Å². The minimum Gasteiger partial charge on any atom is -0.871 e. The molecule has 0 N–H and O–H groups in total. The molecule has 0 amide bonds. The van der Waals surface area contributed by atoms with Crippen LogP contribution in [0.2, 0.25) is 0 Å². The van der Waals surface area contributed by atoms with E-state index in [0.29, 0.717) is 20.3 Å². The maximum Gasteiger partial charge on any atom is 0.178 e. The first-order valence-corrected chi connectivity index (χ1v) is 6.30. The largest absolute Gasteiger partial charge is 0.871 e. The van der Waals surface area contributed by atoms with E-state index in [4.69, 9.17) is 0 Å². The molecule has 1 aromatic rings. The van der Waals surface area contributed by atoms with Crippen LogP contribution in [-0.4, -0.2) is 11.5 Å². The molecule has 1 aliphatic rings. The first kappa shape index (κ1) is 12.3. The number of nitrogens with zero attached hydrogens (tertiary/aromatic N) is 1. The zero-order chi connectivity index (χ0) is 12.4. The molecule has 0 saturated heterocycles. The third-order valence-electron chi connectivity index (χ3n) is 2.08. The van der Waals surface area contributed by atoms with Crippen molar-refractivity contribution in [1.29, 1.82) is 0 Å². The van der Waals surface area contributed by atoms with Crippen LogP contribution in [0.1, 0.15) is 0 Å². The second-order valence-corrected chi connectivity index (χ2v) is 5.05. The van der Waals surface area contributed by atoms with Gasteiger partial charge in [-0.25, -0.2) is 4.99 Å². The molecule has 86 valence electrons. The van der Waals surface area contributed by atoms with Crippen molar-refractivity contribution < 1.29 is 9.90 Å². The van der Waals surface area contributed by atoms with Crippen molar-refractivity contribution in [3.8, 4) is 5.75 Å². The van der Waals surface area contributed by atoms with E-state index in [1.54, 1.807) is 24.3 Å². The van der Waals surface area contributed by atoms with E-state index in [9.17, 15) is 9.90 Å². The zero-order valence-electron chi connectivity index (χ0n) is 8.48. The number of rotatable bonds is 1. The SMILES string of the molecule is O=C1C=CC(=Nc2cc(Br)c([O-])c(Br)c2)C=C1. The summed E-state index contributed by atoms with van der Waals surface area (Å²) in [5.41, 5.74) is 1.31. The van der Waals surface area contributed by atoms with Crippen molar-refractivity contribution in [1.82, 2.24) is 0 Å². The van der Waals surface area contributed by atoms with Gasteiger partial charge in [0.25, 0.3) is 0 Å². The number of allylic oxidation sites excluding steroid dienone is 4. The minimum atomic E-state index is -0.112. The fourth-order valence-electron chi connectivity index (χ4n) is 1.28. The number of carbonyl (C=O) groups is 1. The molecule has 17 heavy (non-hydrogen) atoms. The van der Waals surface area contributed by atoms with Crippen LogP contribution in [0.3, 0.4) is 0 Å². The van der Waals surface area contributed by atoms with Crippen molar-refractivity contribution >= 4 is 49.0 Å². The van der Waals surface area contributed by atoms with Crippen molar-refractivity contribution in [2.24, 2.45) is 4.99 Å². The Morgan fingerprint density at radius 2 is 1.53 bits per heavy atom. The summed E-state index contributed by atoms with van der Waals surface area (Å²) < 4.78 is 0.900. The molecule has 0 bridgehead atoms. The molecule has 1 aromatic carbocycles. The van der Waals surface area contributed by atoms with Gasteiger partial charge in [0, 0.05) is 8.95 Å². The van der Waals surface area contributed by atoms with E-state index < -0.39 is 0 Å². The third-order valence-corrected chi connectivity index (χ3v) is 3.26. The van der Waals surface area contributed by atoms with Gasteiger partial charge >= 0.3 is 0 Å². The van der Waals surface area contributed by atoms with Crippen LogP contribution in [-0.2, 0) is 4.79 Å². The Bertz CT molecular complexity index is 533. The molecule has 0 aromatic heterocycles. The van der Waals surface area contributed by atoms with E-state index in [0.717, 1.165) is 0 Å². The highest BCUT2D eigenvalue weighted by Crippen LogP contribution is 2.34. The van der Waals surface area contributed by atoms with Crippen molar-refractivity contribution in [2.45, 2.75) is 0 Å². The number of benzene rings is 1. The van der Waals surface area contributed by atoms with Gasteiger partial charge in [0.1, 0.15) is 0 Å². The molecule has 3 nitrogen and oxygen atoms in total. The molecular weight excluding hydrogens is 350 g/mol. The summed E-state index contributed by atoms with van der Waals surface area (Å²) in [6.07, 6.45) is 6.17. The topological polar surface area (TPSA) is 52.5 Å². The Labute approximate surface area is 115 Å². The normalized spacial score (nSPS) is 14.2. The predicted octanol–water partition coefficient (Wildman–Crippen LogP) is 3.05. The fraction of sp³-hybridized carbons (Fsp3) is 0. The molecular formula is C12H6Br2NO2-. The van der Waals surface area contributed by atoms with Gasteiger partial charge in [-0.15, -0.1) is 0 Å². The number of aliphatic imine (C=N–C) groups is 1. The molecule has 0 heterocycles. The Balaban J connectivity index is 2.37. The van der Waals surface area contributed by atoms with Crippen molar-refractivity contribution in [3.63, 3.8) is 0 Å². The predicted molar refractivity (Wildman–Crippen MR) is 71.7 cm³/mol. The smallest absolute Gasteiger partial charge is 0.178 e. The second kappa shape index (κ2) is 4.98. The van der Waals surface area contributed by atoms with Gasteiger partial charge < -0.3 is 5.11 Å². The van der Waals surface area contributed by atoms with Gasteiger partial charge in [0.2, 0.25) is 0 Å². The van der Waals surface area contributed by atoms with E-state index in [1.807, 2.05) is 0 Å². The van der Waals surface area contributed by atoms with Crippen molar-refractivity contribution in [2.75, 3.05) is 0 Å². The highest BCUT2D eigenvalue weighted by Gasteiger charge is 2.02. The van der Waals surface area contributed by atoms with Crippen molar-refractivity contribution in [3.05, 3.63) is 45.4 Å². The lowest BCUT2D eigenvalue weighted by Crippen LogP contribution is -1.98. The fourth-order valence-corrected chi connectivity index (χ4v) is 2.44. The number of carbonyl (C=O) groups excluding carboxylic acids is 1. The van der Waals surface area contributed by atoms with Crippen LogP contribution < -0.4 is 5.11 Å². The van der Waals surface area contributed by atoms with Crippen LogP contribution in [0.15, 0.2) is 50.4 Å². The zero-order valence-corrected chi connectivity index (χ0v) is 11.7. The molecule has 0 aliphatic heterocycles. The molecule has 0 unspecified atom stereocenters. The monoisotopic (exact) mass is 354 g/mol. The van der Waals surface area contributed by atoms with Gasteiger partial charge in [-0.05, 0) is 36.4 Å². The summed E-state index contributed by atoms with van der Waals surface area (Å²) in [5.74, 6) is -0.167. The van der Waals surface area contributed by atoms with E-state index in [-0.39, 0.29) is 11.5 Å². The Hall–Kier alpha value is -1.20. The summed E-state index contributed by atoms with van der Waals surface area (Å²) in [6, 6.07) is 3.27. The lowest BCUT2D eigenvalue weighted by Gasteiger charge is -2.12. The molecule has 0 saturated carbocycles. The summed E-state index contributed by atoms with van der Waals surface area (Å²) in [4.78, 5) is 15.2. The maximum atomic E-state index is 11.4. The first-order chi connectivity index (χ1) is 8.06. The van der Waals surface area contributed by atoms with E-state index in [1.165, 1.54) is 12.2 Å². The van der Waals surface area contributed by atoms with Gasteiger partial charge in [-0.2, -0.15) is 0 Å². The summed E-state index contributed by atoms with van der Waals surface area (Å²) in [6.45, 7) is 0. The highest BCUT2D eigenvalue weighted by atomic mass is 79.9. The Morgan fingerprint density at radius 3 is 2.06 bits per heavy atom. The van der Waals surface area contributed by atoms with E-state index in [2.05, 4.69) is 36.9 Å². The molecule has 0 fully saturated rings. The average Bonchev–Trinajstić information content (AvgIpc) is 2.29. The Morgan fingerprint density at radius 1 is 1.00 bits per heavy atom. The number of hydrogen-bond acceptors (Lipinski definition) is 3. The van der Waals surface area contributed by atoms with Gasteiger partial charge in [-0.1, -0.05) is 37.6 Å². The second-order valence-electron chi connectivity index (χ2n) is 3.34. The van der Waals surface area contributed by atoms with Gasteiger partial charge in [-0.3, -0.25) is 4.79 Å². The highest BCUT2D eigenvalue weighted by molar-refractivity contribution is 9.11. The first-order valence-electron chi connectivity index (χ1n) is 4.71. The average molecular weight is 356 g/mol. The minimum absolute atomic E-state index is 0.0544. The molecule has 0 spiro atoms. The lowest BCUT2D eigenvalue weighted by molar-refractivity contribution is -0.270. The summed E-state index contributed by atoms with van der Waals surface area (Å²) in [5, 5.41) is 11.4. The molecule has 2 rings (SSSR count). The lowest BCUT2D eigenvalue weighted by atomic mass is 10.1. The molecule has 0 radical (unpaired) electrons. The number of halogens is 2. The standard InChI is InChI=1S/C12H7Br2NO2/c13-10-5-8(6-11(14)12(10)17)15-7-1-3-9(16)4-2-7/h1-6,17H/p-1. The molecule has 5 heteroatoms.